The summed E-state index contributed by atoms with van der Waals surface area (Å²) in [6.45, 7) is -0.0934. The molecule has 1 saturated carbocycles. The van der Waals surface area contributed by atoms with Crippen molar-refractivity contribution < 1.29 is 24.3 Å². The van der Waals surface area contributed by atoms with Gasteiger partial charge in [0.05, 0.1) is 11.1 Å². The maximum absolute atomic E-state index is 12.4. The highest BCUT2D eigenvalue weighted by atomic mass is 16.4. The molecule has 1 aliphatic carbocycles. The number of carboxylic acids is 1. The number of carboxylic acid groups (broad SMARTS) is 1. The molecule has 7 heteroatoms. The first kappa shape index (κ1) is 17.9. The zero-order valence-electron chi connectivity index (χ0n) is 14.9. The Morgan fingerprint density at radius 2 is 1.57 bits per heavy atom. The first-order valence-electron chi connectivity index (χ1n) is 8.98. The average molecular weight is 378 g/mol. The van der Waals surface area contributed by atoms with Gasteiger partial charge in [0.15, 0.2) is 0 Å². The fourth-order valence-corrected chi connectivity index (χ4v) is 3.75. The lowest BCUT2D eigenvalue weighted by atomic mass is 10.1. The lowest BCUT2D eigenvalue weighted by molar-refractivity contribution is -0.143. The van der Waals surface area contributed by atoms with Gasteiger partial charge in [0.2, 0.25) is 5.91 Å². The standard InChI is InChI=1S/C21H18N2O5/c24-17(10-11-23-18(25)14-8-4-5-9-15(14)19(23)26)22-21(20(27)28)12-16(21)13-6-2-1-3-7-13/h1-9,16H,10-12H2,(H,22,24)(H,27,28). The summed E-state index contributed by atoms with van der Waals surface area (Å²) >= 11 is 0. The van der Waals surface area contributed by atoms with Crippen molar-refractivity contribution in [3.05, 3.63) is 71.3 Å². The fourth-order valence-electron chi connectivity index (χ4n) is 3.75. The molecule has 7 nitrogen and oxygen atoms in total. The van der Waals surface area contributed by atoms with E-state index in [2.05, 4.69) is 5.32 Å². The van der Waals surface area contributed by atoms with E-state index in [0.29, 0.717) is 17.5 Å². The second-order valence-electron chi connectivity index (χ2n) is 7.05. The third-order valence-electron chi connectivity index (χ3n) is 5.35. The van der Waals surface area contributed by atoms with Crippen LogP contribution in [-0.2, 0) is 9.59 Å². The van der Waals surface area contributed by atoms with Gasteiger partial charge in [-0.25, -0.2) is 4.79 Å². The van der Waals surface area contributed by atoms with E-state index in [9.17, 15) is 24.3 Å². The zero-order valence-corrected chi connectivity index (χ0v) is 14.9. The molecule has 3 amide bonds. The number of aliphatic carboxylic acids is 1. The molecule has 1 fully saturated rings. The number of carbonyl (C=O) groups is 4. The Hall–Kier alpha value is -3.48. The molecule has 0 spiro atoms. The van der Waals surface area contributed by atoms with E-state index in [0.717, 1.165) is 10.5 Å². The number of benzene rings is 2. The number of imide groups is 1. The molecule has 0 radical (unpaired) electrons. The molecule has 0 aromatic heterocycles. The SMILES string of the molecule is O=C(CCN1C(=O)c2ccccc2C1=O)NC1(C(=O)O)CC1c1ccccc1. The number of rotatable bonds is 6. The van der Waals surface area contributed by atoms with Gasteiger partial charge in [0.1, 0.15) is 5.54 Å². The molecule has 2 N–H and O–H groups in total. The van der Waals surface area contributed by atoms with E-state index < -0.39 is 29.2 Å². The molecule has 28 heavy (non-hydrogen) atoms. The minimum Gasteiger partial charge on any atom is -0.479 e. The summed E-state index contributed by atoms with van der Waals surface area (Å²) in [5.74, 6) is -2.76. The van der Waals surface area contributed by atoms with Gasteiger partial charge in [-0.2, -0.15) is 0 Å². The van der Waals surface area contributed by atoms with Crippen LogP contribution in [0.4, 0.5) is 0 Å². The lowest BCUT2D eigenvalue weighted by Gasteiger charge is -2.17. The van der Waals surface area contributed by atoms with E-state index in [1.807, 2.05) is 30.3 Å². The normalized spacial score (nSPS) is 22.7. The number of hydrogen-bond acceptors (Lipinski definition) is 4. The van der Waals surface area contributed by atoms with Crippen molar-refractivity contribution in [3.63, 3.8) is 0 Å². The second-order valence-corrected chi connectivity index (χ2v) is 7.05. The van der Waals surface area contributed by atoms with Crippen LogP contribution in [0.5, 0.6) is 0 Å². The van der Waals surface area contributed by atoms with E-state index >= 15 is 0 Å². The maximum Gasteiger partial charge on any atom is 0.330 e. The quantitative estimate of drug-likeness (QED) is 0.746. The smallest absolute Gasteiger partial charge is 0.330 e. The molecule has 142 valence electrons. The van der Waals surface area contributed by atoms with Crippen LogP contribution < -0.4 is 5.32 Å². The van der Waals surface area contributed by atoms with Crippen LogP contribution in [0.25, 0.3) is 0 Å². The summed E-state index contributed by atoms with van der Waals surface area (Å²) in [7, 11) is 0. The Bertz CT molecular complexity index is 952. The Kier molecular flexibility index (Phi) is 4.22. The topological polar surface area (TPSA) is 104 Å². The summed E-state index contributed by atoms with van der Waals surface area (Å²) < 4.78 is 0. The molecule has 2 unspecified atom stereocenters. The summed E-state index contributed by atoms with van der Waals surface area (Å²) in [4.78, 5) is 49.9. The molecule has 2 aromatic rings. The largest absolute Gasteiger partial charge is 0.479 e. The van der Waals surface area contributed by atoms with Crippen molar-refractivity contribution in [2.24, 2.45) is 0 Å². The third-order valence-corrected chi connectivity index (χ3v) is 5.35. The van der Waals surface area contributed by atoms with Crippen LogP contribution in [0, 0.1) is 0 Å². The van der Waals surface area contributed by atoms with Gasteiger partial charge in [-0.05, 0) is 24.1 Å². The Labute approximate surface area is 161 Å². The third kappa shape index (κ3) is 2.85. The Morgan fingerprint density at radius 3 is 2.14 bits per heavy atom. The molecular formula is C21H18N2O5. The Balaban J connectivity index is 1.40. The van der Waals surface area contributed by atoms with Crippen LogP contribution in [-0.4, -0.2) is 45.8 Å². The van der Waals surface area contributed by atoms with Gasteiger partial charge < -0.3 is 10.4 Å². The van der Waals surface area contributed by atoms with Gasteiger partial charge in [-0.15, -0.1) is 0 Å². The molecule has 2 aromatic carbocycles. The second kappa shape index (κ2) is 6.60. The van der Waals surface area contributed by atoms with Crippen molar-refractivity contribution in [2.45, 2.75) is 24.3 Å². The van der Waals surface area contributed by atoms with E-state index in [1.165, 1.54) is 0 Å². The lowest BCUT2D eigenvalue weighted by Crippen LogP contribution is -2.45. The van der Waals surface area contributed by atoms with Crippen molar-refractivity contribution >= 4 is 23.7 Å². The monoisotopic (exact) mass is 378 g/mol. The molecule has 0 saturated heterocycles. The average Bonchev–Trinajstić information content (AvgIpc) is 3.38. The van der Waals surface area contributed by atoms with Gasteiger partial charge in [-0.3, -0.25) is 19.3 Å². The molecular weight excluding hydrogens is 360 g/mol. The fraction of sp³-hybridized carbons (Fsp3) is 0.238. The number of hydrogen-bond donors (Lipinski definition) is 2. The molecule has 4 rings (SSSR count). The van der Waals surface area contributed by atoms with Gasteiger partial charge in [-0.1, -0.05) is 42.5 Å². The molecule has 1 aliphatic heterocycles. The molecule has 2 aliphatic rings. The van der Waals surface area contributed by atoms with E-state index in [4.69, 9.17) is 0 Å². The van der Waals surface area contributed by atoms with Crippen molar-refractivity contribution in [1.29, 1.82) is 0 Å². The van der Waals surface area contributed by atoms with Crippen molar-refractivity contribution in [1.82, 2.24) is 10.2 Å². The zero-order chi connectivity index (χ0) is 19.9. The van der Waals surface area contributed by atoms with Gasteiger partial charge in [0, 0.05) is 18.9 Å². The predicted molar refractivity (Wildman–Crippen MR) is 98.7 cm³/mol. The highest BCUT2D eigenvalue weighted by Gasteiger charge is 2.62. The highest BCUT2D eigenvalue weighted by molar-refractivity contribution is 6.21. The summed E-state index contributed by atoms with van der Waals surface area (Å²) in [5, 5.41) is 12.2. The first-order valence-corrected chi connectivity index (χ1v) is 8.98. The summed E-state index contributed by atoms with van der Waals surface area (Å²) in [6.07, 6.45) is 0.160. The van der Waals surface area contributed by atoms with Crippen molar-refractivity contribution in [2.75, 3.05) is 6.54 Å². The Morgan fingerprint density at radius 1 is 1.00 bits per heavy atom. The van der Waals surface area contributed by atoms with Crippen LogP contribution in [0.1, 0.15) is 45.0 Å². The summed E-state index contributed by atoms with van der Waals surface area (Å²) in [6, 6.07) is 15.7. The van der Waals surface area contributed by atoms with Crippen LogP contribution in [0.2, 0.25) is 0 Å². The predicted octanol–water partition coefficient (Wildman–Crippen LogP) is 1.80. The number of nitrogens with zero attached hydrogens (tertiary/aromatic N) is 1. The number of amides is 3. The number of carbonyl (C=O) groups excluding carboxylic acids is 3. The van der Waals surface area contributed by atoms with E-state index in [1.54, 1.807) is 24.3 Å². The maximum atomic E-state index is 12.4. The van der Waals surface area contributed by atoms with E-state index in [-0.39, 0.29) is 18.9 Å². The highest BCUT2D eigenvalue weighted by Crippen LogP contribution is 2.51. The molecule has 0 bridgehead atoms. The number of nitrogens with one attached hydrogen (secondary N) is 1. The van der Waals surface area contributed by atoms with Crippen LogP contribution in [0.3, 0.4) is 0 Å². The number of fused-ring (bicyclic) bond motifs is 1. The molecule has 2 atom stereocenters. The first-order chi connectivity index (χ1) is 13.4. The molecule has 1 heterocycles. The van der Waals surface area contributed by atoms with Gasteiger partial charge in [0.25, 0.3) is 11.8 Å². The summed E-state index contributed by atoms with van der Waals surface area (Å²) in [5.41, 5.74) is 0.161. The van der Waals surface area contributed by atoms with Crippen molar-refractivity contribution in [3.8, 4) is 0 Å². The van der Waals surface area contributed by atoms with Gasteiger partial charge >= 0.3 is 5.97 Å². The van der Waals surface area contributed by atoms with Crippen LogP contribution in [0.15, 0.2) is 54.6 Å². The minimum absolute atomic E-state index is 0.0934. The van der Waals surface area contributed by atoms with Crippen LogP contribution >= 0.6 is 0 Å². The minimum atomic E-state index is -1.33.